The highest BCUT2D eigenvalue weighted by atomic mass is 16.5. The van der Waals surface area contributed by atoms with Crippen LogP contribution >= 0.6 is 0 Å². The molecule has 1 atom stereocenters. The number of nitrogens with two attached hydrogens (primary N) is 1. The van der Waals surface area contributed by atoms with E-state index >= 15 is 0 Å². The molecule has 2 heterocycles. The van der Waals surface area contributed by atoms with Gasteiger partial charge in [-0.05, 0) is 50.9 Å². The fraction of sp³-hybridized carbons (Fsp3) is 0.700. The molecule has 3 N–H and O–H groups in total. The highest BCUT2D eigenvalue weighted by molar-refractivity contribution is 6.04. The molecule has 1 aromatic heterocycles. The van der Waals surface area contributed by atoms with Crippen LogP contribution in [0, 0.1) is 5.92 Å². The molecule has 0 aromatic carbocycles. The minimum absolute atomic E-state index is 0.112. The number of primary amides is 1. The summed E-state index contributed by atoms with van der Waals surface area (Å²) in [5, 5.41) is 7.23. The summed E-state index contributed by atoms with van der Waals surface area (Å²) in [6.45, 7) is 4.07. The number of ether oxygens (including phenoxy) is 1. The number of hydrogen-bond donors (Lipinski definition) is 2. The number of imide groups is 1. The van der Waals surface area contributed by atoms with Crippen LogP contribution in [-0.4, -0.2) is 50.7 Å². The van der Waals surface area contributed by atoms with Gasteiger partial charge < -0.3 is 15.8 Å². The summed E-state index contributed by atoms with van der Waals surface area (Å²) in [4.78, 5) is 38.1. The fourth-order valence-electron chi connectivity index (χ4n) is 4.26. The van der Waals surface area contributed by atoms with Gasteiger partial charge in [-0.1, -0.05) is 13.8 Å². The van der Waals surface area contributed by atoms with Gasteiger partial charge in [-0.2, -0.15) is 0 Å². The van der Waals surface area contributed by atoms with Gasteiger partial charge in [0, 0.05) is 12.2 Å². The molecule has 3 fully saturated rings. The molecule has 1 aromatic rings. The zero-order valence-corrected chi connectivity index (χ0v) is 17.0. The van der Waals surface area contributed by atoms with E-state index in [2.05, 4.69) is 10.4 Å². The van der Waals surface area contributed by atoms with E-state index in [4.69, 9.17) is 10.5 Å². The van der Waals surface area contributed by atoms with Crippen molar-refractivity contribution in [2.75, 3.05) is 0 Å². The Labute approximate surface area is 169 Å². The molecule has 3 aliphatic rings. The molecule has 2 saturated carbocycles. The normalized spacial score (nSPS) is 27.4. The van der Waals surface area contributed by atoms with E-state index in [1.807, 2.05) is 13.8 Å². The van der Waals surface area contributed by atoms with Gasteiger partial charge in [-0.3, -0.25) is 19.2 Å². The van der Waals surface area contributed by atoms with E-state index < -0.39 is 11.9 Å². The summed E-state index contributed by atoms with van der Waals surface area (Å²) in [6, 6.07) is -0.482. The second-order valence-electron chi connectivity index (χ2n) is 8.81. The molecule has 0 spiro atoms. The summed E-state index contributed by atoms with van der Waals surface area (Å²) >= 11 is 0. The summed E-state index contributed by atoms with van der Waals surface area (Å²) in [5.74, 6) is -0.0357. The largest absolute Gasteiger partial charge is 0.473 e. The Kier molecular flexibility index (Phi) is 5.23. The van der Waals surface area contributed by atoms with Crippen LogP contribution in [0.25, 0.3) is 0 Å². The van der Waals surface area contributed by atoms with Gasteiger partial charge in [-0.15, -0.1) is 5.10 Å². The minimum atomic E-state index is -0.545. The molecule has 1 unspecified atom stereocenters. The fourth-order valence-corrected chi connectivity index (χ4v) is 4.26. The molecule has 4 rings (SSSR count). The van der Waals surface area contributed by atoms with E-state index in [0.29, 0.717) is 55.5 Å². The number of hydrogen-bond acceptors (Lipinski definition) is 5. The first-order chi connectivity index (χ1) is 13.8. The van der Waals surface area contributed by atoms with Crippen LogP contribution in [0.2, 0.25) is 0 Å². The smallest absolute Gasteiger partial charge is 0.325 e. The van der Waals surface area contributed by atoms with Crippen molar-refractivity contribution < 1.29 is 19.1 Å². The highest BCUT2D eigenvalue weighted by Crippen LogP contribution is 2.36. The Morgan fingerprint density at radius 2 is 1.86 bits per heavy atom. The molecule has 0 bridgehead atoms. The van der Waals surface area contributed by atoms with Crippen molar-refractivity contribution in [2.45, 2.75) is 83.0 Å². The maximum Gasteiger partial charge on any atom is 0.325 e. The van der Waals surface area contributed by atoms with Gasteiger partial charge in [0.1, 0.15) is 17.7 Å². The van der Waals surface area contributed by atoms with Gasteiger partial charge in [-0.25, -0.2) is 4.79 Å². The lowest BCUT2D eigenvalue weighted by Gasteiger charge is -2.32. The Hall–Kier alpha value is -2.58. The first-order valence-electron chi connectivity index (χ1n) is 10.5. The van der Waals surface area contributed by atoms with E-state index in [9.17, 15) is 14.4 Å². The molecule has 29 heavy (non-hydrogen) atoms. The lowest BCUT2D eigenvalue weighted by atomic mass is 9.91. The third-order valence-corrected chi connectivity index (χ3v) is 5.93. The molecule has 158 valence electrons. The Morgan fingerprint density at radius 1 is 1.21 bits per heavy atom. The summed E-state index contributed by atoms with van der Waals surface area (Å²) in [6.07, 6.45) is 7.03. The third kappa shape index (κ3) is 4.09. The second kappa shape index (κ2) is 7.68. The first kappa shape index (κ1) is 19.7. The van der Waals surface area contributed by atoms with E-state index in [-0.39, 0.29) is 24.1 Å². The van der Waals surface area contributed by atoms with Gasteiger partial charge in [0.05, 0.1) is 6.04 Å². The maximum absolute atomic E-state index is 12.7. The third-order valence-electron chi connectivity index (χ3n) is 5.93. The summed E-state index contributed by atoms with van der Waals surface area (Å²) in [7, 11) is 0. The van der Waals surface area contributed by atoms with Crippen LogP contribution in [0.5, 0.6) is 5.88 Å². The zero-order chi connectivity index (χ0) is 20.7. The molecular formula is C20H29N5O4. The number of aromatic nitrogens is 2. The van der Waals surface area contributed by atoms with Crippen LogP contribution in [0.1, 0.15) is 75.2 Å². The van der Waals surface area contributed by atoms with Gasteiger partial charge >= 0.3 is 6.03 Å². The predicted molar refractivity (Wildman–Crippen MR) is 104 cm³/mol. The van der Waals surface area contributed by atoms with Gasteiger partial charge in [0.2, 0.25) is 5.88 Å². The van der Waals surface area contributed by atoms with E-state index in [1.165, 1.54) is 4.90 Å². The molecule has 1 aliphatic heterocycles. The highest BCUT2D eigenvalue weighted by Gasteiger charge is 2.43. The van der Waals surface area contributed by atoms with E-state index in [0.717, 1.165) is 12.8 Å². The average molecular weight is 403 g/mol. The van der Waals surface area contributed by atoms with E-state index in [1.54, 1.807) is 10.9 Å². The molecule has 9 heteroatoms. The number of nitrogens with one attached hydrogen (secondary N) is 1. The number of amides is 4. The van der Waals surface area contributed by atoms with Crippen molar-refractivity contribution in [1.82, 2.24) is 20.0 Å². The summed E-state index contributed by atoms with van der Waals surface area (Å²) in [5.41, 5.74) is 5.79. The molecule has 9 nitrogen and oxygen atoms in total. The maximum atomic E-state index is 12.7. The molecule has 2 aliphatic carbocycles. The standard InChI is InChI=1S/C20H29N5O4/c1-11(2)9-16-19(27)25(20(28)22-16)13-5-7-14(8-6-13)29-18-15(17(21)26)10-24(23-18)12-3-4-12/h10-14,16H,3-9H2,1-2H3,(H2,21,26)(H,22,28)/t13-,14-,16?. The summed E-state index contributed by atoms with van der Waals surface area (Å²) < 4.78 is 7.78. The Morgan fingerprint density at radius 3 is 2.45 bits per heavy atom. The lowest BCUT2D eigenvalue weighted by molar-refractivity contribution is -0.130. The van der Waals surface area contributed by atoms with Crippen molar-refractivity contribution in [3.8, 4) is 5.88 Å². The van der Waals surface area contributed by atoms with Crippen molar-refractivity contribution in [2.24, 2.45) is 11.7 Å². The predicted octanol–water partition coefficient (Wildman–Crippen LogP) is 1.97. The van der Waals surface area contributed by atoms with Crippen molar-refractivity contribution in [3.63, 3.8) is 0 Å². The number of urea groups is 1. The van der Waals surface area contributed by atoms with Crippen LogP contribution in [0.15, 0.2) is 6.20 Å². The van der Waals surface area contributed by atoms with Crippen LogP contribution in [-0.2, 0) is 4.79 Å². The monoisotopic (exact) mass is 403 g/mol. The van der Waals surface area contributed by atoms with Crippen LogP contribution < -0.4 is 15.8 Å². The Balaban J connectivity index is 1.36. The number of rotatable bonds is 7. The van der Waals surface area contributed by atoms with Gasteiger partial charge in [0.15, 0.2) is 0 Å². The Bertz CT molecular complexity index is 808. The average Bonchev–Trinajstić information content (AvgIpc) is 3.36. The lowest BCUT2D eigenvalue weighted by Crippen LogP contribution is -2.44. The zero-order valence-electron chi connectivity index (χ0n) is 17.0. The number of carbonyl (C=O) groups is 3. The first-order valence-corrected chi connectivity index (χ1v) is 10.5. The molecule has 4 amide bonds. The van der Waals surface area contributed by atoms with Crippen LogP contribution in [0.4, 0.5) is 4.79 Å². The molecule has 1 saturated heterocycles. The van der Waals surface area contributed by atoms with Crippen LogP contribution in [0.3, 0.4) is 0 Å². The van der Waals surface area contributed by atoms with Gasteiger partial charge in [0.25, 0.3) is 11.8 Å². The quantitative estimate of drug-likeness (QED) is 0.675. The number of carbonyl (C=O) groups excluding carboxylic acids is 3. The van der Waals surface area contributed by atoms with Crippen molar-refractivity contribution >= 4 is 17.8 Å². The van der Waals surface area contributed by atoms with Crippen molar-refractivity contribution in [3.05, 3.63) is 11.8 Å². The van der Waals surface area contributed by atoms with Crippen molar-refractivity contribution in [1.29, 1.82) is 0 Å². The second-order valence-corrected chi connectivity index (χ2v) is 8.81. The molecular weight excluding hydrogens is 374 g/mol. The minimum Gasteiger partial charge on any atom is -0.473 e. The molecule has 0 radical (unpaired) electrons. The SMILES string of the molecule is CC(C)CC1NC(=O)N([C@H]2CC[C@H](Oc3nn(C4CC4)cc3C(N)=O)CC2)C1=O. The topological polar surface area (TPSA) is 120 Å². The number of nitrogens with zero attached hydrogens (tertiary/aromatic N) is 3.